The van der Waals surface area contributed by atoms with Gasteiger partial charge in [0.1, 0.15) is 18.5 Å². The Morgan fingerprint density at radius 2 is 1.95 bits per heavy atom. The first-order valence-electron chi connectivity index (χ1n) is 6.90. The number of halogens is 1. The summed E-state index contributed by atoms with van der Waals surface area (Å²) in [7, 11) is 1.60. The molecule has 0 saturated heterocycles. The molecule has 0 fully saturated rings. The van der Waals surface area contributed by atoms with Crippen LogP contribution in [-0.2, 0) is 9.47 Å². The molecule has 0 bridgehead atoms. The molecule has 120 valence electrons. The lowest BCUT2D eigenvalue weighted by atomic mass is 10.1. The highest BCUT2D eigenvalue weighted by Gasteiger charge is 2.11. The van der Waals surface area contributed by atoms with Gasteiger partial charge in [-0.05, 0) is 31.5 Å². The third kappa shape index (κ3) is 6.63. The average Bonchev–Trinajstić information content (AvgIpc) is 2.44. The van der Waals surface area contributed by atoms with Gasteiger partial charge in [-0.3, -0.25) is 0 Å². The molecule has 0 aromatic heterocycles. The van der Waals surface area contributed by atoms with E-state index in [0.717, 1.165) is 5.56 Å². The van der Waals surface area contributed by atoms with Gasteiger partial charge in [0.25, 0.3) is 0 Å². The molecule has 5 nitrogen and oxygen atoms in total. The van der Waals surface area contributed by atoms with Crippen molar-refractivity contribution in [2.75, 3.05) is 26.9 Å². The number of ether oxygens (including phenoxy) is 3. The minimum absolute atomic E-state index is 0.0708. The lowest BCUT2D eigenvalue weighted by Crippen LogP contribution is -2.27. The third-order valence-corrected chi connectivity index (χ3v) is 3.18. The zero-order valence-corrected chi connectivity index (χ0v) is 13.5. The summed E-state index contributed by atoms with van der Waals surface area (Å²) in [5, 5.41) is 10.3. The molecule has 6 heteroatoms. The molecule has 0 amide bonds. The van der Waals surface area contributed by atoms with Gasteiger partial charge in [-0.25, -0.2) is 0 Å². The standard InChI is InChI=1S/C15H24ClNO4/c1-10(7-19-3)20-8-13(18)9-21-15-5-4-12(11(2)17)6-14(15)16/h4-6,10-11,13,18H,7-9,17H2,1-3H3/t10?,11-,13?/m1/s1. The normalized spacial score (nSPS) is 15.5. The van der Waals surface area contributed by atoms with E-state index in [2.05, 4.69) is 0 Å². The van der Waals surface area contributed by atoms with Gasteiger partial charge in [0.15, 0.2) is 0 Å². The molecule has 1 rings (SSSR count). The van der Waals surface area contributed by atoms with Gasteiger partial charge in [-0.2, -0.15) is 0 Å². The van der Waals surface area contributed by atoms with E-state index < -0.39 is 6.10 Å². The van der Waals surface area contributed by atoms with E-state index in [9.17, 15) is 5.11 Å². The average molecular weight is 318 g/mol. The van der Waals surface area contributed by atoms with Crippen molar-refractivity contribution in [3.63, 3.8) is 0 Å². The highest BCUT2D eigenvalue weighted by molar-refractivity contribution is 6.32. The molecule has 2 unspecified atom stereocenters. The predicted octanol–water partition coefficient (Wildman–Crippen LogP) is 2.15. The van der Waals surface area contributed by atoms with E-state index in [0.29, 0.717) is 17.4 Å². The molecule has 0 aliphatic rings. The summed E-state index contributed by atoms with van der Waals surface area (Å²) in [6, 6.07) is 5.29. The zero-order chi connectivity index (χ0) is 15.8. The maximum atomic E-state index is 9.81. The van der Waals surface area contributed by atoms with E-state index in [-0.39, 0.29) is 25.4 Å². The zero-order valence-electron chi connectivity index (χ0n) is 12.7. The van der Waals surface area contributed by atoms with Crippen LogP contribution in [0.1, 0.15) is 25.5 Å². The third-order valence-electron chi connectivity index (χ3n) is 2.89. The van der Waals surface area contributed by atoms with Crippen LogP contribution in [0.4, 0.5) is 0 Å². The molecular weight excluding hydrogens is 294 g/mol. The van der Waals surface area contributed by atoms with Gasteiger partial charge in [0.05, 0.1) is 24.3 Å². The van der Waals surface area contributed by atoms with Crippen molar-refractivity contribution < 1.29 is 19.3 Å². The molecule has 0 aliphatic carbocycles. The van der Waals surface area contributed by atoms with Crippen molar-refractivity contribution in [1.82, 2.24) is 0 Å². The smallest absolute Gasteiger partial charge is 0.138 e. The summed E-state index contributed by atoms with van der Waals surface area (Å²) >= 11 is 6.12. The number of aliphatic hydroxyl groups excluding tert-OH is 1. The van der Waals surface area contributed by atoms with Crippen LogP contribution in [0.5, 0.6) is 5.75 Å². The number of hydrogen-bond donors (Lipinski definition) is 2. The summed E-state index contributed by atoms with van der Waals surface area (Å²) in [6.07, 6.45) is -0.799. The first kappa shape index (κ1) is 18.2. The number of nitrogens with two attached hydrogens (primary N) is 1. The second kappa shape index (κ2) is 9.23. The second-order valence-electron chi connectivity index (χ2n) is 5.04. The lowest BCUT2D eigenvalue weighted by Gasteiger charge is -2.17. The van der Waals surface area contributed by atoms with E-state index in [1.807, 2.05) is 19.9 Å². The van der Waals surface area contributed by atoms with Gasteiger partial charge < -0.3 is 25.1 Å². The minimum atomic E-state index is -0.728. The predicted molar refractivity (Wildman–Crippen MR) is 82.8 cm³/mol. The summed E-state index contributed by atoms with van der Waals surface area (Å²) in [4.78, 5) is 0. The second-order valence-corrected chi connectivity index (χ2v) is 5.45. The molecule has 0 heterocycles. The van der Waals surface area contributed by atoms with Gasteiger partial charge in [0, 0.05) is 13.2 Å². The minimum Gasteiger partial charge on any atom is -0.489 e. The Morgan fingerprint density at radius 1 is 1.24 bits per heavy atom. The molecule has 0 radical (unpaired) electrons. The van der Waals surface area contributed by atoms with Gasteiger partial charge >= 0.3 is 0 Å². The monoisotopic (exact) mass is 317 g/mol. The summed E-state index contributed by atoms with van der Waals surface area (Å²) in [5.41, 5.74) is 6.72. The largest absolute Gasteiger partial charge is 0.489 e. The fraction of sp³-hybridized carbons (Fsp3) is 0.600. The Balaban J connectivity index is 2.41. The van der Waals surface area contributed by atoms with Crippen molar-refractivity contribution in [2.45, 2.75) is 32.1 Å². The van der Waals surface area contributed by atoms with Crippen molar-refractivity contribution in [3.05, 3.63) is 28.8 Å². The van der Waals surface area contributed by atoms with Crippen LogP contribution in [0, 0.1) is 0 Å². The topological polar surface area (TPSA) is 73.9 Å². The number of benzene rings is 1. The van der Waals surface area contributed by atoms with Crippen LogP contribution in [0.15, 0.2) is 18.2 Å². The summed E-state index contributed by atoms with van der Waals surface area (Å²) in [6.45, 7) is 4.53. The molecule has 21 heavy (non-hydrogen) atoms. The van der Waals surface area contributed by atoms with Crippen LogP contribution in [0.3, 0.4) is 0 Å². The number of rotatable bonds is 9. The Kier molecular flexibility index (Phi) is 8.00. The van der Waals surface area contributed by atoms with Crippen LogP contribution in [-0.4, -0.2) is 44.2 Å². The van der Waals surface area contributed by atoms with E-state index >= 15 is 0 Å². The first-order chi connectivity index (χ1) is 9.93. The molecular formula is C15H24ClNO4. The van der Waals surface area contributed by atoms with Gasteiger partial charge in [-0.1, -0.05) is 17.7 Å². The van der Waals surface area contributed by atoms with Crippen molar-refractivity contribution in [3.8, 4) is 5.75 Å². The van der Waals surface area contributed by atoms with Crippen LogP contribution >= 0.6 is 11.6 Å². The molecule has 1 aromatic rings. The van der Waals surface area contributed by atoms with Crippen molar-refractivity contribution in [1.29, 1.82) is 0 Å². The summed E-state index contributed by atoms with van der Waals surface area (Å²) < 4.78 is 15.8. The number of aliphatic hydroxyl groups is 1. The number of methoxy groups -OCH3 is 1. The fourth-order valence-electron chi connectivity index (χ4n) is 1.71. The number of hydrogen-bond acceptors (Lipinski definition) is 5. The maximum Gasteiger partial charge on any atom is 0.138 e. The molecule has 3 N–H and O–H groups in total. The Bertz CT molecular complexity index is 428. The van der Waals surface area contributed by atoms with E-state index in [1.54, 1.807) is 19.2 Å². The first-order valence-corrected chi connectivity index (χ1v) is 7.28. The quantitative estimate of drug-likeness (QED) is 0.730. The van der Waals surface area contributed by atoms with E-state index in [1.165, 1.54) is 0 Å². The molecule has 0 spiro atoms. The molecule has 0 saturated carbocycles. The molecule has 1 aromatic carbocycles. The van der Waals surface area contributed by atoms with E-state index in [4.69, 9.17) is 31.5 Å². The highest BCUT2D eigenvalue weighted by atomic mass is 35.5. The Hall–Kier alpha value is -0.850. The Labute approximate surface area is 130 Å². The fourth-order valence-corrected chi connectivity index (χ4v) is 1.95. The summed E-state index contributed by atoms with van der Waals surface area (Å²) in [5.74, 6) is 0.519. The van der Waals surface area contributed by atoms with Crippen LogP contribution in [0.2, 0.25) is 5.02 Å². The SMILES string of the molecule is COCC(C)OCC(O)COc1ccc([C@@H](C)N)cc1Cl. The van der Waals surface area contributed by atoms with Crippen LogP contribution in [0.25, 0.3) is 0 Å². The lowest BCUT2D eigenvalue weighted by molar-refractivity contribution is -0.0422. The maximum absolute atomic E-state index is 9.81. The van der Waals surface area contributed by atoms with Gasteiger partial charge in [0.2, 0.25) is 0 Å². The highest BCUT2D eigenvalue weighted by Crippen LogP contribution is 2.27. The van der Waals surface area contributed by atoms with Gasteiger partial charge in [-0.15, -0.1) is 0 Å². The van der Waals surface area contributed by atoms with Crippen molar-refractivity contribution in [2.24, 2.45) is 5.73 Å². The Morgan fingerprint density at radius 3 is 2.52 bits per heavy atom. The molecule has 3 atom stereocenters. The van der Waals surface area contributed by atoms with Crippen LogP contribution < -0.4 is 10.5 Å². The molecule has 0 aliphatic heterocycles. The van der Waals surface area contributed by atoms with Crippen molar-refractivity contribution >= 4 is 11.6 Å².